The zero-order chi connectivity index (χ0) is 23.3. The van der Waals surface area contributed by atoms with Crippen LogP contribution >= 0.6 is 0 Å². The van der Waals surface area contributed by atoms with E-state index in [1.54, 1.807) is 5.56 Å². The maximum absolute atomic E-state index is 2.64. The molecule has 0 radical (unpaired) electrons. The van der Waals surface area contributed by atoms with Gasteiger partial charge in [-0.2, -0.15) is 0 Å². The van der Waals surface area contributed by atoms with Crippen LogP contribution in [0.4, 0.5) is 0 Å². The number of benzene rings is 3. The molecule has 7 rings (SSSR count). The van der Waals surface area contributed by atoms with E-state index in [4.69, 9.17) is 0 Å². The number of rotatable bonds is 1. The molecule has 3 heterocycles. The van der Waals surface area contributed by atoms with Crippen LogP contribution in [0.2, 0.25) is 0 Å². The fourth-order valence-electron chi connectivity index (χ4n) is 7.17. The third-order valence-electron chi connectivity index (χ3n) is 9.23. The summed E-state index contributed by atoms with van der Waals surface area (Å²) < 4.78 is 5.00. The summed E-state index contributed by atoms with van der Waals surface area (Å²) in [4.78, 5) is 0. The zero-order valence-electron chi connectivity index (χ0n) is 21.0. The quantitative estimate of drug-likeness (QED) is 0.137. The Morgan fingerprint density at radius 1 is 0.765 bits per heavy atom. The normalized spacial score (nSPS) is 15.7. The number of para-hydroxylation sites is 1. The highest BCUT2D eigenvalue weighted by Gasteiger charge is 2.29. The number of hydrogen-bond donors (Lipinski definition) is 0. The lowest BCUT2D eigenvalue weighted by Gasteiger charge is -2.24. The molecule has 0 amide bonds. The first-order valence-corrected chi connectivity index (χ1v) is 13.0. The molecule has 0 spiro atoms. The number of hydrogen-bond acceptors (Lipinski definition) is 0. The lowest BCUT2D eigenvalue weighted by atomic mass is 9.81. The summed E-state index contributed by atoms with van der Waals surface area (Å²) in [7, 11) is 2.22. The van der Waals surface area contributed by atoms with Gasteiger partial charge in [0.15, 0.2) is 6.20 Å². The van der Waals surface area contributed by atoms with E-state index < -0.39 is 0 Å². The molecule has 1 aliphatic rings. The molecular formula is C32H33N2+. The van der Waals surface area contributed by atoms with Crippen LogP contribution < -0.4 is 4.57 Å². The van der Waals surface area contributed by atoms with Crippen LogP contribution in [0.25, 0.3) is 49.0 Å². The van der Waals surface area contributed by atoms with Crippen LogP contribution in [0.5, 0.6) is 0 Å². The number of fused-ring (bicyclic) bond motifs is 6. The molecule has 0 aliphatic heterocycles. The third kappa shape index (κ3) is 2.39. The summed E-state index contributed by atoms with van der Waals surface area (Å²) in [6, 6.07) is 14.1. The van der Waals surface area contributed by atoms with E-state index in [0.29, 0.717) is 5.92 Å². The van der Waals surface area contributed by atoms with Gasteiger partial charge in [0.05, 0.1) is 27.3 Å². The van der Waals surface area contributed by atoms with Crippen molar-refractivity contribution in [3.05, 3.63) is 70.4 Å². The molecule has 3 aromatic carbocycles. The van der Waals surface area contributed by atoms with Gasteiger partial charge in [0.1, 0.15) is 7.05 Å². The van der Waals surface area contributed by atoms with E-state index in [-0.39, 0.29) is 0 Å². The minimum absolute atomic E-state index is 0.666. The molecule has 34 heavy (non-hydrogen) atoms. The monoisotopic (exact) mass is 445 g/mol. The van der Waals surface area contributed by atoms with Crippen molar-refractivity contribution in [1.29, 1.82) is 0 Å². The topological polar surface area (TPSA) is 8.29 Å². The average Bonchev–Trinajstić information content (AvgIpc) is 3.21. The molecule has 170 valence electrons. The maximum atomic E-state index is 2.64. The van der Waals surface area contributed by atoms with Crippen LogP contribution in [0.15, 0.2) is 42.6 Å². The molecule has 0 N–H and O–H groups in total. The first-order valence-electron chi connectivity index (χ1n) is 13.0. The van der Waals surface area contributed by atoms with Crippen LogP contribution in [0.1, 0.15) is 65.8 Å². The lowest BCUT2D eigenvalue weighted by Crippen LogP contribution is -2.29. The van der Waals surface area contributed by atoms with E-state index in [9.17, 15) is 0 Å². The Hall–Kier alpha value is -3.13. The summed E-state index contributed by atoms with van der Waals surface area (Å²) in [5.74, 6) is 0.666. The van der Waals surface area contributed by atoms with Gasteiger partial charge in [0.25, 0.3) is 0 Å². The van der Waals surface area contributed by atoms with Gasteiger partial charge in [0.2, 0.25) is 5.52 Å². The fourth-order valence-corrected chi connectivity index (χ4v) is 7.17. The van der Waals surface area contributed by atoms with Gasteiger partial charge in [-0.3, -0.25) is 0 Å². The van der Waals surface area contributed by atoms with Gasteiger partial charge in [0, 0.05) is 16.8 Å². The number of nitrogens with zero attached hydrogens (tertiary/aromatic N) is 2. The zero-order valence-corrected chi connectivity index (χ0v) is 21.0. The number of pyridine rings is 2. The van der Waals surface area contributed by atoms with Crippen LogP contribution in [-0.4, -0.2) is 4.40 Å². The molecule has 0 unspecified atom stereocenters. The molecule has 1 fully saturated rings. The summed E-state index contributed by atoms with van der Waals surface area (Å²) in [5.41, 5.74) is 12.8. The van der Waals surface area contributed by atoms with Crippen LogP contribution in [0, 0.1) is 27.7 Å². The maximum Gasteiger partial charge on any atom is 0.224 e. The minimum atomic E-state index is 0.666. The Balaban J connectivity index is 1.87. The van der Waals surface area contributed by atoms with E-state index in [1.165, 1.54) is 103 Å². The SMILES string of the molecule is Cc1c(C)c(C)c2c(c1C)c1c3c(cc[n+]1C)cc(C1CCCCC1)c1c4ccccc4n2c13. The van der Waals surface area contributed by atoms with Crippen molar-refractivity contribution in [3.63, 3.8) is 0 Å². The first-order chi connectivity index (χ1) is 16.5. The average molecular weight is 446 g/mol. The van der Waals surface area contributed by atoms with Crippen molar-refractivity contribution in [3.8, 4) is 0 Å². The minimum Gasteiger partial charge on any atom is -0.307 e. The summed E-state index contributed by atoms with van der Waals surface area (Å²) in [6.07, 6.45) is 9.02. The Bertz CT molecular complexity index is 1780. The second-order valence-electron chi connectivity index (χ2n) is 10.8. The molecule has 6 aromatic rings. The Labute approximate surface area is 201 Å². The fraction of sp³-hybridized carbons (Fsp3) is 0.344. The molecule has 1 aliphatic carbocycles. The van der Waals surface area contributed by atoms with E-state index in [2.05, 4.69) is 86.3 Å². The highest BCUT2D eigenvalue weighted by molar-refractivity contribution is 6.28. The highest BCUT2D eigenvalue weighted by Crippen LogP contribution is 2.47. The molecule has 3 aromatic heterocycles. The molecule has 0 bridgehead atoms. The van der Waals surface area contributed by atoms with Crippen LogP contribution in [0.3, 0.4) is 0 Å². The third-order valence-corrected chi connectivity index (χ3v) is 9.23. The predicted octanol–water partition coefficient (Wildman–Crippen LogP) is 8.10. The molecule has 0 saturated heterocycles. The molecule has 1 saturated carbocycles. The molecule has 0 atom stereocenters. The van der Waals surface area contributed by atoms with E-state index in [1.807, 2.05) is 0 Å². The van der Waals surface area contributed by atoms with Crippen LogP contribution in [-0.2, 0) is 7.05 Å². The number of aromatic nitrogens is 2. The van der Waals surface area contributed by atoms with Gasteiger partial charge in [-0.25, -0.2) is 4.57 Å². The molecular weight excluding hydrogens is 412 g/mol. The Morgan fingerprint density at radius 3 is 2.29 bits per heavy atom. The van der Waals surface area contributed by atoms with Crippen molar-refractivity contribution >= 4 is 49.0 Å². The van der Waals surface area contributed by atoms with Gasteiger partial charge in [-0.15, -0.1) is 0 Å². The summed E-state index contributed by atoms with van der Waals surface area (Å²) in [6.45, 7) is 9.25. The van der Waals surface area contributed by atoms with Gasteiger partial charge >= 0.3 is 0 Å². The number of aryl methyl sites for hydroxylation is 3. The summed E-state index contributed by atoms with van der Waals surface area (Å²) >= 11 is 0. The van der Waals surface area contributed by atoms with Crippen molar-refractivity contribution < 1.29 is 4.57 Å². The standard InChI is InChI=1S/C32H33N2/c1-18-19(2)21(4)30-27(20(18)3)31-28-23(15-16-33(31)5)17-25(22-11-7-6-8-12-22)29-24-13-9-10-14-26(24)34(30)32(28)29/h9-10,13-17,22H,6-8,11-12H2,1-5H3/q+1. The van der Waals surface area contributed by atoms with Gasteiger partial charge in [-0.1, -0.05) is 37.5 Å². The Morgan fingerprint density at radius 2 is 1.50 bits per heavy atom. The van der Waals surface area contributed by atoms with E-state index >= 15 is 0 Å². The Kier molecular flexibility index (Phi) is 4.14. The lowest BCUT2D eigenvalue weighted by molar-refractivity contribution is -0.643. The van der Waals surface area contributed by atoms with Crippen molar-refractivity contribution in [2.45, 2.75) is 65.7 Å². The van der Waals surface area contributed by atoms with Gasteiger partial charge in [-0.05, 0) is 91.8 Å². The second-order valence-corrected chi connectivity index (χ2v) is 10.8. The van der Waals surface area contributed by atoms with Gasteiger partial charge < -0.3 is 4.40 Å². The largest absolute Gasteiger partial charge is 0.307 e. The van der Waals surface area contributed by atoms with Crippen molar-refractivity contribution in [1.82, 2.24) is 4.40 Å². The highest BCUT2D eigenvalue weighted by atomic mass is 15.0. The summed E-state index contributed by atoms with van der Waals surface area (Å²) in [5, 5.41) is 7.15. The van der Waals surface area contributed by atoms with Crippen molar-refractivity contribution in [2.75, 3.05) is 0 Å². The second kappa shape index (κ2) is 6.95. The molecule has 2 heteroatoms. The van der Waals surface area contributed by atoms with Crippen molar-refractivity contribution in [2.24, 2.45) is 7.05 Å². The molecule has 2 nitrogen and oxygen atoms in total. The predicted molar refractivity (Wildman–Crippen MR) is 145 cm³/mol. The van der Waals surface area contributed by atoms with E-state index in [0.717, 1.165) is 0 Å². The first kappa shape index (κ1) is 20.3. The smallest absolute Gasteiger partial charge is 0.224 e.